The first-order chi connectivity index (χ1) is 11.4. The van der Waals surface area contributed by atoms with Crippen molar-refractivity contribution >= 4 is 33.3 Å². The quantitative estimate of drug-likeness (QED) is 0.405. The van der Waals surface area contributed by atoms with E-state index in [0.717, 1.165) is 0 Å². The summed E-state index contributed by atoms with van der Waals surface area (Å²) in [6, 6.07) is 18.0. The molecule has 0 radical (unpaired) electrons. The topological polar surface area (TPSA) is 25.8 Å². The van der Waals surface area contributed by atoms with Crippen molar-refractivity contribution < 1.29 is 0 Å². The largest absolute Gasteiger partial charge is 0.182 e. The molecule has 0 saturated heterocycles. The summed E-state index contributed by atoms with van der Waals surface area (Å²) >= 11 is 1.21. The Morgan fingerprint density at radius 2 is 1.48 bits per heavy atom. The summed E-state index contributed by atoms with van der Waals surface area (Å²) in [5.74, 6) is 0. The molecule has 0 unspecified atom stereocenters. The van der Waals surface area contributed by atoms with Gasteiger partial charge in [-0.3, -0.25) is 0 Å². The van der Waals surface area contributed by atoms with Gasteiger partial charge in [0.15, 0.2) is 0 Å². The predicted octanol–water partition coefficient (Wildman–Crippen LogP) is 5.41. The maximum absolute atomic E-state index is 3.65. The van der Waals surface area contributed by atoms with E-state index in [0.29, 0.717) is 0 Å². The van der Waals surface area contributed by atoms with E-state index in [-0.39, 0.29) is 0 Å². The molecule has 0 fully saturated rings. The van der Waals surface area contributed by atoms with E-state index in [1.165, 1.54) is 59.0 Å². The van der Waals surface area contributed by atoms with Gasteiger partial charge in [-0.25, -0.2) is 0 Å². The van der Waals surface area contributed by atoms with Crippen molar-refractivity contribution in [2.75, 3.05) is 0 Å². The standard InChI is InChI=1S/C18H16.C2H2N2S/c1-3-7-15-13(5-1)9-11-18-16-8-4-2-6-14(16)10-12-17(15)18;1-2-4-5-3-1/h1,3,5,7,9-12H,2,4,6,8H2;1-2H. The Morgan fingerprint density at radius 1 is 0.696 bits per heavy atom. The summed E-state index contributed by atoms with van der Waals surface area (Å²) in [7, 11) is 0. The Balaban J connectivity index is 0.000000233. The number of rotatable bonds is 0. The van der Waals surface area contributed by atoms with E-state index in [9.17, 15) is 0 Å². The van der Waals surface area contributed by atoms with Crippen molar-refractivity contribution in [2.24, 2.45) is 0 Å². The van der Waals surface area contributed by atoms with Crippen LogP contribution in [0.5, 0.6) is 0 Å². The highest BCUT2D eigenvalue weighted by molar-refractivity contribution is 6.98. The van der Waals surface area contributed by atoms with E-state index in [2.05, 4.69) is 57.3 Å². The van der Waals surface area contributed by atoms with Crippen LogP contribution in [0, 0.1) is 0 Å². The van der Waals surface area contributed by atoms with Gasteiger partial charge in [0.05, 0.1) is 24.1 Å². The highest BCUT2D eigenvalue weighted by Crippen LogP contribution is 2.33. The molecular formula is C20H18N2S. The summed E-state index contributed by atoms with van der Waals surface area (Å²) in [4.78, 5) is 0. The number of hydrogen-bond donors (Lipinski definition) is 0. The van der Waals surface area contributed by atoms with Crippen molar-refractivity contribution in [3.8, 4) is 0 Å². The molecule has 2 nitrogen and oxygen atoms in total. The maximum Gasteiger partial charge on any atom is 0.0679 e. The lowest BCUT2D eigenvalue weighted by molar-refractivity contribution is 0.690. The molecule has 1 heterocycles. The van der Waals surface area contributed by atoms with Crippen molar-refractivity contribution in [3.05, 3.63) is 72.1 Å². The van der Waals surface area contributed by atoms with Crippen LogP contribution in [0.3, 0.4) is 0 Å². The molecule has 23 heavy (non-hydrogen) atoms. The fourth-order valence-electron chi connectivity index (χ4n) is 3.48. The van der Waals surface area contributed by atoms with E-state index in [1.807, 2.05) is 0 Å². The molecule has 5 rings (SSSR count). The summed E-state index contributed by atoms with van der Waals surface area (Å²) < 4.78 is 7.31. The van der Waals surface area contributed by atoms with Crippen LogP contribution in [0.4, 0.5) is 0 Å². The average Bonchev–Trinajstić information content (AvgIpc) is 3.21. The van der Waals surface area contributed by atoms with Crippen molar-refractivity contribution in [2.45, 2.75) is 25.7 Å². The van der Waals surface area contributed by atoms with Crippen LogP contribution in [0.25, 0.3) is 21.5 Å². The fourth-order valence-corrected chi connectivity index (χ4v) is 3.75. The van der Waals surface area contributed by atoms with Gasteiger partial charge in [0, 0.05) is 0 Å². The van der Waals surface area contributed by atoms with Gasteiger partial charge in [0.2, 0.25) is 0 Å². The Morgan fingerprint density at radius 3 is 2.30 bits per heavy atom. The van der Waals surface area contributed by atoms with E-state index >= 15 is 0 Å². The SMILES string of the molecule is c1ccc2c(c1)ccc1c3c(ccc12)CCCC3.c1cnsn1. The van der Waals surface area contributed by atoms with Crippen LogP contribution < -0.4 is 0 Å². The molecule has 1 aliphatic carbocycles. The first-order valence-electron chi connectivity index (χ1n) is 8.07. The third-order valence-electron chi connectivity index (χ3n) is 4.54. The first-order valence-corrected chi connectivity index (χ1v) is 8.80. The molecule has 4 aromatic rings. The van der Waals surface area contributed by atoms with Crippen LogP contribution in [0.15, 0.2) is 60.9 Å². The number of hydrogen-bond acceptors (Lipinski definition) is 3. The third kappa shape index (κ3) is 2.84. The highest BCUT2D eigenvalue weighted by Gasteiger charge is 2.13. The predicted molar refractivity (Wildman–Crippen MR) is 98.0 cm³/mol. The summed E-state index contributed by atoms with van der Waals surface area (Å²) in [5, 5.41) is 5.64. The van der Waals surface area contributed by atoms with E-state index in [1.54, 1.807) is 23.5 Å². The summed E-state index contributed by atoms with van der Waals surface area (Å²) in [6.07, 6.45) is 8.53. The minimum atomic E-state index is 1.21. The molecule has 0 N–H and O–H groups in total. The molecule has 0 aliphatic heterocycles. The number of aromatic nitrogens is 2. The first kappa shape index (κ1) is 14.3. The minimum absolute atomic E-state index is 1.21. The molecule has 1 aromatic heterocycles. The lowest BCUT2D eigenvalue weighted by atomic mass is 9.86. The Bertz CT molecular complexity index is 912. The number of aryl methyl sites for hydroxylation is 2. The molecule has 0 spiro atoms. The molecule has 1 aliphatic rings. The van der Waals surface area contributed by atoms with E-state index in [4.69, 9.17) is 0 Å². The zero-order valence-electron chi connectivity index (χ0n) is 12.9. The Kier molecular flexibility index (Phi) is 4.03. The maximum atomic E-state index is 3.65. The molecule has 3 aromatic carbocycles. The van der Waals surface area contributed by atoms with Gasteiger partial charge in [-0.05, 0) is 58.4 Å². The summed E-state index contributed by atoms with van der Waals surface area (Å²) in [5.41, 5.74) is 3.17. The zero-order valence-corrected chi connectivity index (χ0v) is 13.7. The second-order valence-corrected chi connectivity index (χ2v) is 6.47. The van der Waals surface area contributed by atoms with Gasteiger partial charge in [-0.15, -0.1) is 0 Å². The second-order valence-electron chi connectivity index (χ2n) is 5.88. The number of nitrogens with zero attached hydrogens (tertiary/aromatic N) is 2. The fraction of sp³-hybridized carbons (Fsp3) is 0.200. The summed E-state index contributed by atoms with van der Waals surface area (Å²) in [6.45, 7) is 0. The molecule has 0 atom stereocenters. The lowest BCUT2D eigenvalue weighted by Crippen LogP contribution is -2.02. The third-order valence-corrected chi connectivity index (χ3v) is 4.97. The Hall–Kier alpha value is -2.26. The van der Waals surface area contributed by atoms with Crippen molar-refractivity contribution in [1.29, 1.82) is 0 Å². The minimum Gasteiger partial charge on any atom is -0.182 e. The normalized spacial score (nSPS) is 13.4. The van der Waals surface area contributed by atoms with Crippen molar-refractivity contribution in [1.82, 2.24) is 8.75 Å². The van der Waals surface area contributed by atoms with Crippen LogP contribution in [0.2, 0.25) is 0 Å². The smallest absolute Gasteiger partial charge is 0.0679 e. The average molecular weight is 318 g/mol. The number of benzene rings is 3. The van der Waals surface area contributed by atoms with Gasteiger partial charge >= 0.3 is 0 Å². The van der Waals surface area contributed by atoms with Gasteiger partial charge in [0.1, 0.15) is 0 Å². The monoisotopic (exact) mass is 318 g/mol. The van der Waals surface area contributed by atoms with Crippen LogP contribution >= 0.6 is 11.7 Å². The second kappa shape index (κ2) is 6.47. The molecule has 0 saturated carbocycles. The lowest BCUT2D eigenvalue weighted by Gasteiger charge is -2.18. The molecule has 0 bridgehead atoms. The number of fused-ring (bicyclic) bond motifs is 5. The van der Waals surface area contributed by atoms with Gasteiger partial charge in [-0.1, -0.05) is 48.5 Å². The molecule has 114 valence electrons. The highest BCUT2D eigenvalue weighted by atomic mass is 32.1. The van der Waals surface area contributed by atoms with Gasteiger partial charge in [-0.2, -0.15) is 8.75 Å². The van der Waals surface area contributed by atoms with Gasteiger partial charge < -0.3 is 0 Å². The molecule has 0 amide bonds. The molecule has 3 heteroatoms. The Labute approximate surface area is 140 Å². The van der Waals surface area contributed by atoms with Crippen molar-refractivity contribution in [3.63, 3.8) is 0 Å². The van der Waals surface area contributed by atoms with E-state index < -0.39 is 0 Å². The van der Waals surface area contributed by atoms with Gasteiger partial charge in [0.25, 0.3) is 0 Å². The van der Waals surface area contributed by atoms with Crippen LogP contribution in [-0.4, -0.2) is 8.75 Å². The zero-order chi connectivity index (χ0) is 15.5. The van der Waals surface area contributed by atoms with Crippen LogP contribution in [-0.2, 0) is 12.8 Å². The van der Waals surface area contributed by atoms with Crippen LogP contribution in [0.1, 0.15) is 24.0 Å². The molecular weight excluding hydrogens is 300 g/mol.